The molecule has 186 valence electrons. The topological polar surface area (TPSA) is 80.5 Å². The number of benzene rings is 2. The van der Waals surface area contributed by atoms with Crippen LogP contribution in [0.15, 0.2) is 59.1 Å². The van der Waals surface area contributed by atoms with Crippen LogP contribution in [0.1, 0.15) is 51.5 Å². The highest BCUT2D eigenvalue weighted by Crippen LogP contribution is 2.28. The van der Waals surface area contributed by atoms with Gasteiger partial charge in [-0.2, -0.15) is 4.98 Å². The second kappa shape index (κ2) is 11.0. The Balaban J connectivity index is 1.30. The Hall–Kier alpha value is -3.19. The largest absolute Gasteiger partial charge is 0.497 e. The SMILES string of the molecule is COc1ccc(-c2noc(CN3CCCC(C(=O)NC(C)CC(C)(C)c4ccccc4)C3)n2)cc1. The fraction of sp³-hybridized carbons (Fsp3) is 0.464. The summed E-state index contributed by atoms with van der Waals surface area (Å²) in [6.45, 7) is 8.73. The molecule has 1 amide bonds. The number of amides is 1. The molecule has 7 heteroatoms. The Labute approximate surface area is 207 Å². The lowest BCUT2D eigenvalue weighted by Gasteiger charge is -2.33. The summed E-state index contributed by atoms with van der Waals surface area (Å²) in [5.41, 5.74) is 2.16. The quantitative estimate of drug-likeness (QED) is 0.476. The predicted octanol–water partition coefficient (Wildman–Crippen LogP) is 4.83. The van der Waals surface area contributed by atoms with Crippen LogP contribution in [0.25, 0.3) is 11.4 Å². The van der Waals surface area contributed by atoms with Gasteiger partial charge in [-0.25, -0.2) is 0 Å². The van der Waals surface area contributed by atoms with E-state index in [1.54, 1.807) is 7.11 Å². The molecule has 0 radical (unpaired) electrons. The van der Waals surface area contributed by atoms with Crippen molar-refractivity contribution in [2.24, 2.45) is 5.92 Å². The number of carbonyl (C=O) groups excluding carboxylic acids is 1. The van der Waals surface area contributed by atoms with Crippen LogP contribution in [0.3, 0.4) is 0 Å². The minimum atomic E-state index is -0.0324. The van der Waals surface area contributed by atoms with Gasteiger partial charge in [-0.05, 0) is 68.0 Å². The fourth-order valence-corrected chi connectivity index (χ4v) is 4.97. The first kappa shape index (κ1) is 24.9. The molecule has 4 rings (SSSR count). The number of nitrogens with one attached hydrogen (secondary N) is 1. The molecule has 0 saturated carbocycles. The molecule has 2 heterocycles. The van der Waals surface area contributed by atoms with Gasteiger partial charge in [-0.3, -0.25) is 9.69 Å². The maximum atomic E-state index is 13.1. The first-order valence-corrected chi connectivity index (χ1v) is 12.4. The number of hydrogen-bond acceptors (Lipinski definition) is 6. The van der Waals surface area contributed by atoms with Gasteiger partial charge in [0.05, 0.1) is 19.6 Å². The molecule has 1 aliphatic rings. The average Bonchev–Trinajstić information content (AvgIpc) is 3.33. The van der Waals surface area contributed by atoms with Crippen LogP contribution in [-0.2, 0) is 16.8 Å². The Morgan fingerprint density at radius 2 is 1.94 bits per heavy atom. The molecule has 1 aromatic heterocycles. The zero-order valence-corrected chi connectivity index (χ0v) is 21.2. The molecule has 0 spiro atoms. The van der Waals surface area contributed by atoms with Gasteiger partial charge in [0.25, 0.3) is 0 Å². The first-order valence-electron chi connectivity index (χ1n) is 12.4. The second-order valence-electron chi connectivity index (χ2n) is 10.2. The van der Waals surface area contributed by atoms with Crippen LogP contribution >= 0.6 is 0 Å². The second-order valence-corrected chi connectivity index (χ2v) is 10.2. The van der Waals surface area contributed by atoms with E-state index in [0.29, 0.717) is 24.8 Å². The van der Waals surface area contributed by atoms with Crippen LogP contribution in [0.2, 0.25) is 0 Å². The number of ether oxygens (including phenoxy) is 1. The molecule has 2 atom stereocenters. The van der Waals surface area contributed by atoms with E-state index in [2.05, 4.69) is 65.4 Å². The van der Waals surface area contributed by atoms with Crippen LogP contribution < -0.4 is 10.1 Å². The van der Waals surface area contributed by atoms with Crippen molar-refractivity contribution in [3.63, 3.8) is 0 Å². The summed E-state index contributed by atoms with van der Waals surface area (Å²) in [5.74, 6) is 2.01. The predicted molar refractivity (Wildman–Crippen MR) is 136 cm³/mol. The molecule has 1 N–H and O–H groups in total. The molecule has 2 unspecified atom stereocenters. The van der Waals surface area contributed by atoms with E-state index in [-0.39, 0.29) is 23.3 Å². The smallest absolute Gasteiger partial charge is 0.241 e. The molecule has 0 bridgehead atoms. The van der Waals surface area contributed by atoms with Crippen molar-refractivity contribution in [1.82, 2.24) is 20.4 Å². The number of nitrogens with zero attached hydrogens (tertiary/aromatic N) is 3. The summed E-state index contributed by atoms with van der Waals surface area (Å²) in [7, 11) is 1.64. The molecule has 7 nitrogen and oxygen atoms in total. The van der Waals surface area contributed by atoms with E-state index in [0.717, 1.165) is 37.1 Å². The van der Waals surface area contributed by atoms with E-state index in [9.17, 15) is 4.79 Å². The van der Waals surface area contributed by atoms with Crippen LogP contribution in [-0.4, -0.2) is 47.2 Å². The maximum absolute atomic E-state index is 13.1. The maximum Gasteiger partial charge on any atom is 0.241 e. The van der Waals surface area contributed by atoms with Crippen molar-refractivity contribution in [2.45, 2.75) is 58.0 Å². The van der Waals surface area contributed by atoms with Gasteiger partial charge in [-0.1, -0.05) is 49.3 Å². The Morgan fingerprint density at radius 3 is 2.66 bits per heavy atom. The fourth-order valence-electron chi connectivity index (χ4n) is 4.97. The number of aromatic nitrogens is 2. The molecule has 3 aromatic rings. The number of methoxy groups -OCH3 is 1. The summed E-state index contributed by atoms with van der Waals surface area (Å²) in [4.78, 5) is 19.9. The van der Waals surface area contributed by atoms with Gasteiger partial charge in [0.1, 0.15) is 5.75 Å². The molecule has 1 aliphatic heterocycles. The Kier molecular flexibility index (Phi) is 7.86. The van der Waals surface area contributed by atoms with Gasteiger partial charge in [-0.15, -0.1) is 0 Å². The standard InChI is InChI=1S/C28H36N4O3/c1-20(17-28(2,3)23-10-6-5-7-11-23)29-27(33)22-9-8-16-32(18-22)19-25-30-26(31-35-25)21-12-14-24(34-4)15-13-21/h5-7,10-15,20,22H,8-9,16-19H2,1-4H3,(H,29,33). The minimum absolute atomic E-state index is 0.00783. The van der Waals surface area contributed by atoms with E-state index >= 15 is 0 Å². The van der Waals surface area contributed by atoms with Gasteiger partial charge in [0.15, 0.2) is 0 Å². The third kappa shape index (κ3) is 6.48. The van der Waals surface area contributed by atoms with E-state index in [1.807, 2.05) is 30.3 Å². The van der Waals surface area contributed by atoms with E-state index in [4.69, 9.17) is 9.26 Å². The zero-order chi connectivity index (χ0) is 24.8. The molecular formula is C28H36N4O3. The summed E-state index contributed by atoms with van der Waals surface area (Å²) in [5, 5.41) is 7.39. The first-order chi connectivity index (χ1) is 16.8. The number of hydrogen-bond donors (Lipinski definition) is 1. The Bertz CT molecular complexity index is 1090. The lowest BCUT2D eigenvalue weighted by atomic mass is 9.79. The van der Waals surface area contributed by atoms with Crippen molar-refractivity contribution < 1.29 is 14.1 Å². The van der Waals surface area contributed by atoms with Crippen LogP contribution in [0.4, 0.5) is 0 Å². The summed E-state index contributed by atoms with van der Waals surface area (Å²) < 4.78 is 10.7. The van der Waals surface area contributed by atoms with Gasteiger partial charge < -0.3 is 14.6 Å². The highest BCUT2D eigenvalue weighted by molar-refractivity contribution is 5.79. The summed E-state index contributed by atoms with van der Waals surface area (Å²) >= 11 is 0. The number of piperidine rings is 1. The third-order valence-electron chi connectivity index (χ3n) is 6.81. The van der Waals surface area contributed by atoms with Crippen molar-refractivity contribution in [1.29, 1.82) is 0 Å². The average molecular weight is 477 g/mol. The number of rotatable bonds is 9. The minimum Gasteiger partial charge on any atom is -0.497 e. The summed E-state index contributed by atoms with van der Waals surface area (Å²) in [6, 6.07) is 18.2. The monoisotopic (exact) mass is 476 g/mol. The molecule has 1 saturated heterocycles. The number of likely N-dealkylation sites (tertiary alicyclic amines) is 1. The molecular weight excluding hydrogens is 440 g/mol. The van der Waals surface area contributed by atoms with E-state index in [1.165, 1.54) is 5.56 Å². The zero-order valence-electron chi connectivity index (χ0n) is 21.2. The van der Waals surface area contributed by atoms with Gasteiger partial charge in [0, 0.05) is 18.2 Å². The summed E-state index contributed by atoms with van der Waals surface area (Å²) in [6.07, 6.45) is 2.76. The van der Waals surface area contributed by atoms with Crippen molar-refractivity contribution in [3.05, 3.63) is 66.1 Å². The third-order valence-corrected chi connectivity index (χ3v) is 6.81. The number of carbonyl (C=O) groups is 1. The molecule has 35 heavy (non-hydrogen) atoms. The lowest BCUT2D eigenvalue weighted by Crippen LogP contribution is -2.46. The van der Waals surface area contributed by atoms with Crippen LogP contribution in [0.5, 0.6) is 5.75 Å². The van der Waals surface area contributed by atoms with Crippen molar-refractivity contribution >= 4 is 5.91 Å². The molecule has 0 aliphatic carbocycles. The highest BCUT2D eigenvalue weighted by Gasteiger charge is 2.29. The molecule has 2 aromatic carbocycles. The normalized spacial score (nSPS) is 17.7. The highest BCUT2D eigenvalue weighted by atomic mass is 16.5. The van der Waals surface area contributed by atoms with Gasteiger partial charge in [0.2, 0.25) is 17.6 Å². The van der Waals surface area contributed by atoms with E-state index < -0.39 is 0 Å². The van der Waals surface area contributed by atoms with Crippen LogP contribution in [0, 0.1) is 5.92 Å². The molecule has 1 fully saturated rings. The van der Waals surface area contributed by atoms with Crippen molar-refractivity contribution in [3.8, 4) is 17.1 Å². The Morgan fingerprint density at radius 1 is 1.20 bits per heavy atom. The van der Waals surface area contributed by atoms with Crippen molar-refractivity contribution in [2.75, 3.05) is 20.2 Å². The lowest BCUT2D eigenvalue weighted by molar-refractivity contribution is -0.127. The van der Waals surface area contributed by atoms with Gasteiger partial charge >= 0.3 is 0 Å².